The van der Waals surface area contributed by atoms with Crippen LogP contribution in [0.25, 0.3) is 0 Å². The molecule has 4 nitrogen and oxygen atoms in total. The number of hydrogen-bond acceptors (Lipinski definition) is 3. The van der Waals surface area contributed by atoms with Crippen molar-refractivity contribution < 1.29 is 13.2 Å². The van der Waals surface area contributed by atoms with E-state index in [2.05, 4.69) is 20.7 Å². The Bertz CT molecular complexity index is 488. The van der Waals surface area contributed by atoms with Crippen LogP contribution in [0.2, 0.25) is 0 Å². The molecule has 102 valence electrons. The van der Waals surface area contributed by atoms with E-state index in [0.29, 0.717) is 23.4 Å². The van der Waals surface area contributed by atoms with Gasteiger partial charge in [0.15, 0.2) is 0 Å². The lowest BCUT2D eigenvalue weighted by molar-refractivity contribution is 0.309. The van der Waals surface area contributed by atoms with Gasteiger partial charge in [0.2, 0.25) is 10.0 Å². The summed E-state index contributed by atoms with van der Waals surface area (Å²) in [5.74, 6) is 0.392. The third-order valence-corrected chi connectivity index (χ3v) is 4.17. The van der Waals surface area contributed by atoms with E-state index >= 15 is 0 Å². The summed E-state index contributed by atoms with van der Waals surface area (Å²) in [5.41, 5.74) is 0. The molecule has 1 N–H and O–H groups in total. The molecule has 0 aliphatic heterocycles. The van der Waals surface area contributed by atoms with Crippen molar-refractivity contribution >= 4 is 26.0 Å². The van der Waals surface area contributed by atoms with E-state index in [1.807, 2.05) is 13.8 Å². The van der Waals surface area contributed by atoms with Gasteiger partial charge in [-0.25, -0.2) is 13.1 Å². The summed E-state index contributed by atoms with van der Waals surface area (Å²) in [5, 5.41) is 0. The summed E-state index contributed by atoms with van der Waals surface area (Å²) in [6.45, 7) is 4.81. The van der Waals surface area contributed by atoms with E-state index in [4.69, 9.17) is 4.74 Å². The summed E-state index contributed by atoms with van der Waals surface area (Å²) in [7, 11) is -3.51. The van der Waals surface area contributed by atoms with Crippen LogP contribution in [0.15, 0.2) is 27.6 Å². The van der Waals surface area contributed by atoms with Crippen molar-refractivity contribution in [1.82, 2.24) is 4.72 Å². The van der Waals surface area contributed by atoms with E-state index in [0.717, 1.165) is 12.8 Å². The molecule has 0 aliphatic rings. The van der Waals surface area contributed by atoms with Gasteiger partial charge in [-0.1, -0.05) is 29.8 Å². The van der Waals surface area contributed by atoms with Crippen LogP contribution in [0.3, 0.4) is 0 Å². The first-order valence-corrected chi connectivity index (χ1v) is 8.21. The minimum Gasteiger partial charge on any atom is -0.492 e. The van der Waals surface area contributed by atoms with Gasteiger partial charge in [-0.05, 0) is 31.0 Å². The Balaban J connectivity index is 3.07. The molecule has 0 aliphatic carbocycles. The lowest BCUT2D eigenvalue weighted by atomic mass is 10.3. The minimum absolute atomic E-state index is 0.179. The Hall–Kier alpha value is -0.590. The molecule has 0 saturated heterocycles. The van der Waals surface area contributed by atoms with Crippen LogP contribution in [0.5, 0.6) is 5.75 Å². The van der Waals surface area contributed by atoms with E-state index < -0.39 is 10.0 Å². The summed E-state index contributed by atoms with van der Waals surface area (Å²) in [4.78, 5) is 0.179. The Morgan fingerprint density at radius 3 is 2.61 bits per heavy atom. The average Bonchev–Trinajstić information content (AvgIpc) is 2.35. The molecule has 0 amide bonds. The van der Waals surface area contributed by atoms with E-state index in [-0.39, 0.29) is 4.90 Å². The van der Waals surface area contributed by atoms with Crippen LogP contribution in [0.1, 0.15) is 26.7 Å². The van der Waals surface area contributed by atoms with Crippen LogP contribution in [0.4, 0.5) is 0 Å². The summed E-state index contributed by atoms with van der Waals surface area (Å²) in [6, 6.07) is 4.99. The van der Waals surface area contributed by atoms with Gasteiger partial charge in [-0.3, -0.25) is 0 Å². The summed E-state index contributed by atoms with van der Waals surface area (Å²) in [6.07, 6.45) is 1.58. The molecule has 0 aromatic heterocycles. The van der Waals surface area contributed by atoms with Crippen LogP contribution in [-0.4, -0.2) is 21.6 Å². The van der Waals surface area contributed by atoms with E-state index in [1.54, 1.807) is 18.2 Å². The van der Waals surface area contributed by atoms with Crippen molar-refractivity contribution in [2.24, 2.45) is 0 Å². The molecular formula is C12H18BrNO3S. The summed E-state index contributed by atoms with van der Waals surface area (Å²) >= 11 is 3.28. The van der Waals surface area contributed by atoms with Crippen LogP contribution >= 0.6 is 15.9 Å². The topological polar surface area (TPSA) is 55.4 Å². The number of halogens is 1. The molecule has 1 aromatic carbocycles. The van der Waals surface area contributed by atoms with Crippen molar-refractivity contribution in [2.75, 3.05) is 13.2 Å². The molecule has 0 radical (unpaired) electrons. The van der Waals surface area contributed by atoms with Gasteiger partial charge in [0, 0.05) is 11.0 Å². The maximum absolute atomic E-state index is 12.1. The maximum atomic E-state index is 12.1. The monoisotopic (exact) mass is 335 g/mol. The van der Waals surface area contributed by atoms with E-state index in [9.17, 15) is 8.42 Å². The molecule has 18 heavy (non-hydrogen) atoms. The molecule has 0 saturated carbocycles. The van der Waals surface area contributed by atoms with Gasteiger partial charge < -0.3 is 4.74 Å². The number of rotatable bonds is 7. The smallest absolute Gasteiger partial charge is 0.244 e. The van der Waals surface area contributed by atoms with Crippen molar-refractivity contribution in [1.29, 1.82) is 0 Å². The van der Waals surface area contributed by atoms with E-state index in [1.165, 1.54) is 0 Å². The Morgan fingerprint density at radius 1 is 1.28 bits per heavy atom. The molecule has 0 fully saturated rings. The first-order valence-electron chi connectivity index (χ1n) is 5.93. The molecule has 0 bridgehead atoms. The number of hydrogen-bond donors (Lipinski definition) is 1. The van der Waals surface area contributed by atoms with Gasteiger partial charge in [-0.15, -0.1) is 0 Å². The zero-order valence-electron chi connectivity index (χ0n) is 10.6. The first-order chi connectivity index (χ1) is 8.51. The number of nitrogens with one attached hydrogen (secondary N) is 1. The number of ether oxygens (including phenoxy) is 1. The highest BCUT2D eigenvalue weighted by Crippen LogP contribution is 2.27. The minimum atomic E-state index is -3.51. The Labute approximate surface area is 117 Å². The van der Waals surface area contributed by atoms with Gasteiger partial charge in [0.1, 0.15) is 10.6 Å². The van der Waals surface area contributed by atoms with Crippen molar-refractivity contribution in [3.05, 3.63) is 22.7 Å². The second-order valence-electron chi connectivity index (χ2n) is 3.84. The maximum Gasteiger partial charge on any atom is 0.244 e. The Morgan fingerprint density at radius 2 is 2.00 bits per heavy atom. The average molecular weight is 336 g/mol. The highest BCUT2D eigenvalue weighted by Gasteiger charge is 2.19. The third-order valence-electron chi connectivity index (χ3n) is 2.20. The third kappa shape index (κ3) is 4.26. The summed E-state index contributed by atoms with van der Waals surface area (Å²) < 4.78 is 32.9. The predicted octanol–water partition coefficient (Wildman–Crippen LogP) is 2.93. The molecular weight excluding hydrogens is 318 g/mol. The number of benzene rings is 1. The molecule has 0 heterocycles. The zero-order valence-corrected chi connectivity index (χ0v) is 13.0. The fourth-order valence-corrected chi connectivity index (χ4v) is 3.15. The van der Waals surface area contributed by atoms with Crippen molar-refractivity contribution in [3.63, 3.8) is 0 Å². The fourth-order valence-electron chi connectivity index (χ4n) is 1.34. The standard InChI is InChI=1S/C12H18BrNO3S/c1-3-7-14-18(15,16)12-9-10(13)5-6-11(12)17-8-4-2/h5-6,9,14H,3-4,7-8H2,1-2H3. The molecule has 6 heteroatoms. The van der Waals surface area contributed by atoms with Gasteiger partial charge >= 0.3 is 0 Å². The highest BCUT2D eigenvalue weighted by atomic mass is 79.9. The quantitative estimate of drug-likeness (QED) is 0.833. The zero-order chi connectivity index (χ0) is 13.6. The predicted molar refractivity (Wildman–Crippen MR) is 75.4 cm³/mol. The normalized spacial score (nSPS) is 11.5. The fraction of sp³-hybridized carbons (Fsp3) is 0.500. The van der Waals surface area contributed by atoms with Crippen molar-refractivity contribution in [2.45, 2.75) is 31.6 Å². The second-order valence-corrected chi connectivity index (χ2v) is 6.49. The first kappa shape index (κ1) is 15.5. The van der Waals surface area contributed by atoms with Crippen molar-refractivity contribution in [3.8, 4) is 5.75 Å². The van der Waals surface area contributed by atoms with Crippen LogP contribution in [0, 0.1) is 0 Å². The van der Waals surface area contributed by atoms with Gasteiger partial charge in [-0.2, -0.15) is 0 Å². The number of sulfonamides is 1. The SMILES string of the molecule is CCCNS(=O)(=O)c1cc(Br)ccc1OCCC. The van der Waals surface area contributed by atoms with Gasteiger partial charge in [0.05, 0.1) is 6.61 Å². The highest BCUT2D eigenvalue weighted by molar-refractivity contribution is 9.10. The molecule has 0 atom stereocenters. The second kappa shape index (κ2) is 7.11. The van der Waals surface area contributed by atoms with Gasteiger partial charge in [0.25, 0.3) is 0 Å². The molecule has 1 aromatic rings. The van der Waals surface area contributed by atoms with Crippen LogP contribution in [-0.2, 0) is 10.0 Å². The Kier molecular flexibility index (Phi) is 6.11. The lowest BCUT2D eigenvalue weighted by Gasteiger charge is -2.12. The largest absolute Gasteiger partial charge is 0.492 e. The molecule has 1 rings (SSSR count). The van der Waals surface area contributed by atoms with Crippen LogP contribution < -0.4 is 9.46 Å². The molecule has 0 spiro atoms. The lowest BCUT2D eigenvalue weighted by Crippen LogP contribution is -2.25. The molecule has 0 unspecified atom stereocenters.